The first kappa shape index (κ1) is 22.4. The number of fused-ring (bicyclic) bond motifs is 4. The van der Waals surface area contributed by atoms with Gasteiger partial charge in [0.2, 0.25) is 0 Å². The summed E-state index contributed by atoms with van der Waals surface area (Å²) in [6, 6.07) is 3.64. The van der Waals surface area contributed by atoms with Gasteiger partial charge in [-0.1, -0.05) is 17.7 Å². The van der Waals surface area contributed by atoms with E-state index in [0.29, 0.717) is 34.1 Å². The average molecular weight is 513 g/mol. The van der Waals surface area contributed by atoms with Crippen molar-refractivity contribution < 1.29 is 14.3 Å². The van der Waals surface area contributed by atoms with Crippen LogP contribution in [0.3, 0.4) is 0 Å². The van der Waals surface area contributed by atoms with Crippen LogP contribution in [0.1, 0.15) is 25.7 Å². The summed E-state index contributed by atoms with van der Waals surface area (Å²) >= 11 is 7.44. The van der Waals surface area contributed by atoms with E-state index in [1.807, 2.05) is 11.4 Å². The summed E-state index contributed by atoms with van der Waals surface area (Å²) < 4.78 is 15.7. The van der Waals surface area contributed by atoms with Crippen molar-refractivity contribution in [2.24, 2.45) is 23.7 Å². The maximum Gasteiger partial charge on any atom is 0.307 e. The number of rotatable bonds is 6. The average Bonchev–Trinajstić information content (AvgIpc) is 3.54. The zero-order valence-corrected chi connectivity index (χ0v) is 20.1. The molecule has 3 aliphatic rings. The van der Waals surface area contributed by atoms with Gasteiger partial charge in [-0.15, -0.1) is 11.3 Å². The van der Waals surface area contributed by atoms with E-state index in [4.69, 9.17) is 11.6 Å². The van der Waals surface area contributed by atoms with E-state index >= 15 is 4.39 Å². The Bertz CT molecular complexity index is 1400. The summed E-state index contributed by atoms with van der Waals surface area (Å²) in [7, 11) is 0. The highest BCUT2D eigenvalue weighted by molar-refractivity contribution is 7.13. The number of carbonyl (C=O) groups is 1. The molecule has 7 rings (SSSR count). The standard InChI is InChI=1S/C24H22ClFN6O2S/c25-16-10-29-23-19(30-16)14(9-28-23)21-31-20(15-2-1-7-35-15)18(26)22(32-21)27-8-13-11-3-5-12(6-4-11)17(13)24(33)34/h1-2,7,9-13,17H,3-6,8H2,(H,28,29)(H,33,34)(H,27,31,32)/t11?,12?,13?,17-/m0/s1. The van der Waals surface area contributed by atoms with Crippen LogP contribution in [0.5, 0.6) is 0 Å². The number of halogens is 2. The zero-order valence-electron chi connectivity index (χ0n) is 18.5. The van der Waals surface area contributed by atoms with Crippen LogP contribution in [0.2, 0.25) is 5.15 Å². The quantitative estimate of drug-likeness (QED) is 0.313. The molecule has 180 valence electrons. The van der Waals surface area contributed by atoms with Gasteiger partial charge in [-0.3, -0.25) is 4.79 Å². The van der Waals surface area contributed by atoms with Gasteiger partial charge in [0.25, 0.3) is 0 Å². The topological polar surface area (TPSA) is 117 Å². The molecule has 0 spiro atoms. The Morgan fingerprint density at radius 1 is 1.23 bits per heavy atom. The molecule has 3 saturated carbocycles. The summed E-state index contributed by atoms with van der Waals surface area (Å²) in [6.07, 6.45) is 7.07. The van der Waals surface area contributed by atoms with Crippen LogP contribution in [-0.4, -0.2) is 42.5 Å². The van der Waals surface area contributed by atoms with Crippen LogP contribution in [0.15, 0.2) is 29.9 Å². The van der Waals surface area contributed by atoms with Gasteiger partial charge in [-0.2, -0.15) is 0 Å². The first-order chi connectivity index (χ1) is 17.0. The Kier molecular flexibility index (Phi) is 5.64. The predicted octanol–water partition coefficient (Wildman–Crippen LogP) is 5.48. The van der Waals surface area contributed by atoms with Crippen LogP contribution in [0.25, 0.3) is 33.1 Å². The van der Waals surface area contributed by atoms with E-state index in [0.717, 1.165) is 25.7 Å². The molecule has 0 amide bonds. The molecule has 8 nitrogen and oxygen atoms in total. The van der Waals surface area contributed by atoms with Gasteiger partial charge in [-0.25, -0.2) is 24.3 Å². The Morgan fingerprint density at radius 3 is 2.77 bits per heavy atom. The number of carboxylic acid groups (broad SMARTS) is 1. The number of anilines is 1. The lowest BCUT2D eigenvalue weighted by atomic mass is 9.58. The predicted molar refractivity (Wildman–Crippen MR) is 132 cm³/mol. The Hall–Kier alpha value is -3.11. The number of nitrogens with one attached hydrogen (secondary N) is 2. The summed E-state index contributed by atoms with van der Waals surface area (Å²) in [5.74, 6) is -0.972. The van der Waals surface area contributed by atoms with Crippen LogP contribution >= 0.6 is 22.9 Å². The van der Waals surface area contributed by atoms with Crippen molar-refractivity contribution in [3.05, 3.63) is 40.9 Å². The van der Waals surface area contributed by atoms with Crippen LogP contribution in [0.4, 0.5) is 10.2 Å². The maximum atomic E-state index is 15.7. The fraction of sp³-hybridized carbons (Fsp3) is 0.375. The molecule has 0 radical (unpaired) electrons. The van der Waals surface area contributed by atoms with E-state index in [-0.39, 0.29) is 34.3 Å². The van der Waals surface area contributed by atoms with E-state index in [9.17, 15) is 9.90 Å². The van der Waals surface area contributed by atoms with E-state index in [2.05, 4.69) is 30.2 Å². The second-order valence-corrected chi connectivity index (χ2v) is 10.5. The minimum absolute atomic E-state index is 0.0494. The molecule has 0 saturated heterocycles. The third-order valence-corrected chi connectivity index (χ3v) is 8.44. The normalized spacial score (nSPS) is 23.6. The molecule has 0 aromatic carbocycles. The number of hydrogen-bond acceptors (Lipinski definition) is 7. The lowest BCUT2D eigenvalue weighted by molar-refractivity contribution is -0.151. The molecule has 35 heavy (non-hydrogen) atoms. The van der Waals surface area contributed by atoms with Crippen molar-refractivity contribution in [2.45, 2.75) is 25.7 Å². The number of nitrogens with zero attached hydrogens (tertiary/aromatic N) is 4. The number of thiophene rings is 1. The largest absolute Gasteiger partial charge is 0.481 e. The van der Waals surface area contributed by atoms with Crippen molar-refractivity contribution in [3.8, 4) is 22.0 Å². The number of aromatic amines is 1. The lowest BCUT2D eigenvalue weighted by Gasteiger charge is -2.46. The molecule has 4 aromatic heterocycles. The molecule has 2 atom stereocenters. The molecular formula is C24H22ClFN6O2S. The van der Waals surface area contributed by atoms with E-state index in [1.165, 1.54) is 17.5 Å². The summed E-state index contributed by atoms with van der Waals surface area (Å²) in [4.78, 5) is 33.4. The molecular weight excluding hydrogens is 491 g/mol. The lowest BCUT2D eigenvalue weighted by Crippen LogP contribution is -2.46. The van der Waals surface area contributed by atoms with E-state index in [1.54, 1.807) is 12.3 Å². The second-order valence-electron chi connectivity index (χ2n) is 9.21. The highest BCUT2D eigenvalue weighted by atomic mass is 35.5. The van der Waals surface area contributed by atoms with Crippen molar-refractivity contribution >= 4 is 45.9 Å². The minimum atomic E-state index is -0.761. The number of H-pyrrole nitrogens is 1. The zero-order chi connectivity index (χ0) is 24.1. The third kappa shape index (κ3) is 3.94. The molecule has 2 bridgehead atoms. The van der Waals surface area contributed by atoms with Crippen LogP contribution < -0.4 is 5.32 Å². The SMILES string of the molecule is O=C(O)[C@H]1C2CCC(CC2)C1CNc1nc(-c2c[nH]c3ncc(Cl)nc23)nc(-c2cccs2)c1F. The first-order valence-corrected chi connectivity index (χ1v) is 12.8. The van der Waals surface area contributed by atoms with Crippen molar-refractivity contribution in [1.82, 2.24) is 24.9 Å². The molecule has 3 N–H and O–H groups in total. The Balaban J connectivity index is 1.40. The number of aliphatic carboxylic acids is 1. The van der Waals surface area contributed by atoms with Crippen LogP contribution in [-0.2, 0) is 4.79 Å². The highest BCUT2D eigenvalue weighted by Gasteiger charge is 2.47. The molecule has 3 fully saturated rings. The fourth-order valence-corrected chi connectivity index (χ4v) is 6.61. The van der Waals surface area contributed by atoms with Crippen molar-refractivity contribution in [1.29, 1.82) is 0 Å². The summed E-state index contributed by atoms with van der Waals surface area (Å²) in [5, 5.41) is 15.1. The Morgan fingerprint density at radius 2 is 2.03 bits per heavy atom. The van der Waals surface area contributed by atoms with Gasteiger partial charge in [0.15, 0.2) is 23.1 Å². The minimum Gasteiger partial charge on any atom is -0.481 e. The van der Waals surface area contributed by atoms with Gasteiger partial charge in [0, 0.05) is 12.7 Å². The van der Waals surface area contributed by atoms with Gasteiger partial charge in [0.1, 0.15) is 16.4 Å². The molecule has 4 aromatic rings. The van der Waals surface area contributed by atoms with Crippen molar-refractivity contribution in [3.63, 3.8) is 0 Å². The Labute approximate surface area is 209 Å². The number of aromatic nitrogens is 5. The highest BCUT2D eigenvalue weighted by Crippen LogP contribution is 2.49. The number of hydrogen-bond donors (Lipinski definition) is 3. The molecule has 0 aliphatic heterocycles. The summed E-state index contributed by atoms with van der Waals surface area (Å²) in [6.45, 7) is 0.342. The second kappa shape index (κ2) is 8.83. The maximum absolute atomic E-state index is 15.7. The van der Waals surface area contributed by atoms with Crippen LogP contribution in [0, 0.1) is 29.5 Å². The monoisotopic (exact) mass is 512 g/mol. The van der Waals surface area contributed by atoms with E-state index < -0.39 is 17.7 Å². The fourth-order valence-electron chi connectivity index (χ4n) is 5.77. The molecule has 3 aliphatic carbocycles. The first-order valence-electron chi connectivity index (χ1n) is 11.6. The van der Waals surface area contributed by atoms with Crippen molar-refractivity contribution in [2.75, 3.05) is 11.9 Å². The third-order valence-electron chi connectivity index (χ3n) is 7.38. The summed E-state index contributed by atoms with van der Waals surface area (Å²) in [5.41, 5.74) is 1.74. The van der Waals surface area contributed by atoms with Gasteiger partial charge in [0.05, 0.1) is 22.6 Å². The molecule has 1 unspecified atom stereocenters. The smallest absolute Gasteiger partial charge is 0.307 e. The van der Waals surface area contributed by atoms with Gasteiger partial charge >= 0.3 is 5.97 Å². The van der Waals surface area contributed by atoms with Gasteiger partial charge in [-0.05, 0) is 54.9 Å². The molecule has 11 heteroatoms. The van der Waals surface area contributed by atoms with Gasteiger partial charge < -0.3 is 15.4 Å². The molecule has 4 heterocycles. The number of carboxylic acids is 1.